The number of ether oxygens (including phenoxy) is 4. The molecule has 0 bridgehead atoms. The summed E-state index contributed by atoms with van der Waals surface area (Å²) in [6.45, 7) is 9.63. The van der Waals surface area contributed by atoms with Crippen LogP contribution in [-0.4, -0.2) is 96.7 Å². The highest BCUT2D eigenvalue weighted by Gasteiger charge is 2.30. The molecule has 0 amide bonds. The van der Waals surface area contributed by atoms with Crippen molar-refractivity contribution in [3.05, 3.63) is 0 Å². The fraction of sp³-hybridized carbons (Fsp3) is 0.955. The zero-order valence-corrected chi connectivity index (χ0v) is 72.2. The molecule has 0 aromatic rings. The molecule has 0 spiro atoms. The highest BCUT2D eigenvalue weighted by Crippen LogP contribution is 2.45. The molecule has 2 unspecified atom stereocenters. The molecule has 17 nitrogen and oxygen atoms in total. The van der Waals surface area contributed by atoms with Crippen LogP contribution in [0, 0.1) is 11.8 Å². The molecule has 0 aliphatic carbocycles. The Morgan fingerprint density at radius 1 is 0.252 bits per heavy atom. The van der Waals surface area contributed by atoms with Gasteiger partial charge in [-0.3, -0.25) is 37.3 Å². The monoisotopic (exact) mass is 1560 g/mol. The number of unbranched alkanes of at least 4 members (excludes halogenated alkanes) is 57. The summed E-state index contributed by atoms with van der Waals surface area (Å²) in [6.07, 6.45) is 72.5. The van der Waals surface area contributed by atoms with E-state index in [0.717, 1.165) is 102 Å². The number of aliphatic hydroxyl groups is 1. The van der Waals surface area contributed by atoms with Gasteiger partial charge in [0.25, 0.3) is 0 Å². The van der Waals surface area contributed by atoms with E-state index in [-0.39, 0.29) is 25.7 Å². The molecular formula is C88H172O17P2. The quantitative estimate of drug-likeness (QED) is 0.0222. The Morgan fingerprint density at radius 2 is 0.430 bits per heavy atom. The van der Waals surface area contributed by atoms with Gasteiger partial charge in [0.15, 0.2) is 12.2 Å². The molecule has 0 aromatic carbocycles. The van der Waals surface area contributed by atoms with E-state index in [9.17, 15) is 43.2 Å². The van der Waals surface area contributed by atoms with Crippen LogP contribution in [0.5, 0.6) is 0 Å². The van der Waals surface area contributed by atoms with Gasteiger partial charge in [0.1, 0.15) is 19.3 Å². The smallest absolute Gasteiger partial charge is 0.462 e. The lowest BCUT2D eigenvalue weighted by atomic mass is 10.0. The SMILES string of the molecule is CCCCCCCCCCCCCCCCCCCCCCCC(=O)OC[C@H](COP(=O)(O)OC[C@@H](O)COP(=O)(O)OC[C@@H](COC(=O)CCCCCCCCC(C)C)OC(=O)CCCCCCCCCCCCCCCCCC)OC(=O)CCCCCCCCCCCCCCCCCCCCC(C)C. The summed E-state index contributed by atoms with van der Waals surface area (Å²) in [7, 11) is -9.93. The zero-order chi connectivity index (χ0) is 78.5. The fourth-order valence-electron chi connectivity index (χ4n) is 13.8. The lowest BCUT2D eigenvalue weighted by molar-refractivity contribution is -0.161. The highest BCUT2D eigenvalue weighted by atomic mass is 31.2. The van der Waals surface area contributed by atoms with Crippen LogP contribution < -0.4 is 0 Å². The number of esters is 4. The van der Waals surface area contributed by atoms with Gasteiger partial charge in [-0.2, -0.15) is 0 Å². The summed E-state index contributed by atoms with van der Waals surface area (Å²) in [5, 5.41) is 10.7. The molecule has 0 saturated carbocycles. The number of hydrogen-bond donors (Lipinski definition) is 3. The van der Waals surface area contributed by atoms with Crippen molar-refractivity contribution in [2.75, 3.05) is 39.6 Å². The lowest BCUT2D eigenvalue weighted by Crippen LogP contribution is -2.30. The molecule has 19 heteroatoms. The number of phosphoric ester groups is 2. The molecule has 5 atom stereocenters. The van der Waals surface area contributed by atoms with Crippen molar-refractivity contribution >= 4 is 39.5 Å². The Bertz CT molecular complexity index is 2050. The molecule has 107 heavy (non-hydrogen) atoms. The first-order valence-electron chi connectivity index (χ1n) is 45.5. The third-order valence-electron chi connectivity index (χ3n) is 20.7. The average Bonchev–Trinajstić information content (AvgIpc) is 0.905. The predicted octanol–water partition coefficient (Wildman–Crippen LogP) is 27.0. The van der Waals surface area contributed by atoms with Crippen LogP contribution in [0.4, 0.5) is 0 Å². The second-order valence-corrected chi connectivity index (χ2v) is 35.5. The van der Waals surface area contributed by atoms with Crippen molar-refractivity contribution in [3.8, 4) is 0 Å². The van der Waals surface area contributed by atoms with Gasteiger partial charge in [0.05, 0.1) is 26.4 Å². The van der Waals surface area contributed by atoms with Crippen molar-refractivity contribution in [2.24, 2.45) is 11.8 Å². The predicted molar refractivity (Wildman–Crippen MR) is 442 cm³/mol. The normalized spacial score (nSPS) is 13.8. The molecule has 0 heterocycles. The molecule has 0 fully saturated rings. The lowest BCUT2D eigenvalue weighted by Gasteiger charge is -2.21. The molecule has 0 aromatic heterocycles. The first-order chi connectivity index (χ1) is 51.9. The van der Waals surface area contributed by atoms with Crippen molar-refractivity contribution in [2.45, 2.75) is 490 Å². The minimum absolute atomic E-state index is 0.108. The number of aliphatic hydroxyl groups excluding tert-OH is 1. The van der Waals surface area contributed by atoms with Gasteiger partial charge in [-0.05, 0) is 37.5 Å². The van der Waals surface area contributed by atoms with E-state index in [2.05, 4.69) is 41.5 Å². The summed E-state index contributed by atoms with van der Waals surface area (Å²) in [6, 6.07) is 0. The van der Waals surface area contributed by atoms with E-state index in [1.165, 1.54) is 283 Å². The molecule has 0 saturated heterocycles. The van der Waals surface area contributed by atoms with Crippen LogP contribution in [0.3, 0.4) is 0 Å². The molecule has 0 aliphatic rings. The van der Waals surface area contributed by atoms with E-state index in [1.54, 1.807) is 0 Å². The zero-order valence-electron chi connectivity index (χ0n) is 70.5. The third-order valence-corrected chi connectivity index (χ3v) is 22.6. The second kappa shape index (κ2) is 79.3. The molecule has 0 rings (SSSR count). The summed E-state index contributed by atoms with van der Waals surface area (Å²) in [5.74, 6) is -0.603. The van der Waals surface area contributed by atoms with Crippen molar-refractivity contribution in [1.29, 1.82) is 0 Å². The molecule has 0 aliphatic heterocycles. The van der Waals surface area contributed by atoms with E-state index in [1.807, 2.05) is 0 Å². The Kier molecular flexibility index (Phi) is 77.9. The van der Waals surface area contributed by atoms with Gasteiger partial charge < -0.3 is 33.8 Å². The minimum Gasteiger partial charge on any atom is -0.462 e. The molecule has 0 radical (unpaired) electrons. The van der Waals surface area contributed by atoms with Crippen LogP contribution in [0.15, 0.2) is 0 Å². The van der Waals surface area contributed by atoms with E-state index < -0.39 is 97.5 Å². The van der Waals surface area contributed by atoms with Gasteiger partial charge in [-0.15, -0.1) is 0 Å². The largest absolute Gasteiger partial charge is 0.472 e. The van der Waals surface area contributed by atoms with Crippen molar-refractivity contribution < 1.29 is 80.2 Å². The Hall–Kier alpha value is -1.94. The summed E-state index contributed by atoms with van der Waals surface area (Å²) < 4.78 is 68.9. The summed E-state index contributed by atoms with van der Waals surface area (Å²) in [5.41, 5.74) is 0. The van der Waals surface area contributed by atoms with Crippen LogP contribution in [0.25, 0.3) is 0 Å². The maximum atomic E-state index is 13.2. The average molecular weight is 1560 g/mol. The van der Waals surface area contributed by atoms with Gasteiger partial charge >= 0.3 is 39.5 Å². The van der Waals surface area contributed by atoms with Crippen LogP contribution >= 0.6 is 15.6 Å². The van der Waals surface area contributed by atoms with Gasteiger partial charge in [0, 0.05) is 25.7 Å². The standard InChI is InChI=1S/C88H172O17P2/c1-7-9-11-13-15-17-19-21-23-25-26-27-28-32-36-39-43-47-51-58-64-70-85(90)98-76-83(104-87(92)72-67-61-53-49-45-41-37-33-30-29-31-34-38-42-46-50-56-62-68-80(3)4)78-102-106(94,95)100-74-82(89)75-101-107(96,97)103-79-84(77-99-86(91)71-65-59-55-54-57-63-69-81(5)6)105-88(93)73-66-60-52-48-44-40-35-24-22-20-18-16-14-12-10-8-2/h80-84,89H,7-79H2,1-6H3,(H,94,95)(H,96,97)/t82-,83-,84-/m1/s1. The maximum Gasteiger partial charge on any atom is 0.472 e. The van der Waals surface area contributed by atoms with E-state index in [4.69, 9.17) is 37.0 Å². The van der Waals surface area contributed by atoms with Gasteiger partial charge in [-0.1, -0.05) is 420 Å². The molecule has 3 N–H and O–H groups in total. The topological polar surface area (TPSA) is 237 Å². The first-order valence-corrected chi connectivity index (χ1v) is 48.5. The van der Waals surface area contributed by atoms with Crippen LogP contribution in [0.2, 0.25) is 0 Å². The summed E-state index contributed by atoms with van der Waals surface area (Å²) >= 11 is 0. The first kappa shape index (κ1) is 105. The number of carbonyl (C=O) groups is 4. The summed E-state index contributed by atoms with van der Waals surface area (Å²) in [4.78, 5) is 73.2. The third kappa shape index (κ3) is 81.9. The van der Waals surface area contributed by atoms with Crippen LogP contribution in [-0.2, 0) is 65.4 Å². The van der Waals surface area contributed by atoms with E-state index >= 15 is 0 Å². The molecule has 636 valence electrons. The highest BCUT2D eigenvalue weighted by molar-refractivity contribution is 7.47. The number of rotatable bonds is 87. The van der Waals surface area contributed by atoms with Gasteiger partial charge in [0.2, 0.25) is 0 Å². The molecular weight excluding hydrogens is 1390 g/mol. The second-order valence-electron chi connectivity index (χ2n) is 32.6. The maximum absolute atomic E-state index is 13.2. The Balaban J connectivity index is 5.20. The van der Waals surface area contributed by atoms with E-state index in [0.29, 0.717) is 31.6 Å². The fourth-order valence-corrected chi connectivity index (χ4v) is 15.4. The van der Waals surface area contributed by atoms with Crippen molar-refractivity contribution in [3.63, 3.8) is 0 Å². The van der Waals surface area contributed by atoms with Gasteiger partial charge in [-0.25, -0.2) is 9.13 Å². The number of hydrogen-bond acceptors (Lipinski definition) is 15. The van der Waals surface area contributed by atoms with Crippen LogP contribution in [0.1, 0.15) is 472 Å². The Labute approximate surface area is 658 Å². The Morgan fingerprint density at radius 3 is 0.636 bits per heavy atom. The van der Waals surface area contributed by atoms with Crippen molar-refractivity contribution in [1.82, 2.24) is 0 Å². The minimum atomic E-state index is -4.97. The number of phosphoric acid groups is 2. The number of carbonyl (C=O) groups excluding carboxylic acids is 4.